The minimum Gasteiger partial charge on any atom is -0.497 e. The van der Waals surface area contributed by atoms with Gasteiger partial charge in [0.2, 0.25) is 0 Å². The number of hydrogen-bond acceptors (Lipinski definition) is 1. The Bertz CT molecular complexity index is 354. The van der Waals surface area contributed by atoms with Crippen LogP contribution in [0.2, 0.25) is 0 Å². The summed E-state index contributed by atoms with van der Waals surface area (Å²) in [5.74, 6) is 0.579. The van der Waals surface area contributed by atoms with Gasteiger partial charge in [0.15, 0.2) is 0 Å². The number of benzene rings is 1. The van der Waals surface area contributed by atoms with Crippen LogP contribution in [0.15, 0.2) is 29.3 Å². The zero-order valence-electron chi connectivity index (χ0n) is 7.81. The van der Waals surface area contributed by atoms with Gasteiger partial charge in [0.05, 0.1) is 7.11 Å². The van der Waals surface area contributed by atoms with E-state index in [0.717, 1.165) is 6.08 Å². The van der Waals surface area contributed by atoms with Crippen molar-refractivity contribution in [1.29, 1.82) is 0 Å². The molecule has 0 aliphatic carbocycles. The molecule has 1 aromatic rings. The van der Waals surface area contributed by atoms with Gasteiger partial charge in [0.1, 0.15) is 10.8 Å². The van der Waals surface area contributed by atoms with Gasteiger partial charge in [-0.3, -0.25) is 0 Å². The van der Waals surface area contributed by atoms with E-state index >= 15 is 0 Å². The predicted molar refractivity (Wildman–Crippen MR) is 52.9 cm³/mol. The number of hydrogen-bond donors (Lipinski definition) is 0. The normalized spacial score (nSPS) is 12.7. The quantitative estimate of drug-likeness (QED) is 0.758. The highest BCUT2D eigenvalue weighted by molar-refractivity contribution is 6.32. The molecule has 1 aromatic carbocycles. The SMILES string of the molecule is COc1ccc(/C=C(\Cl)C(F)(F)F)cc1. The molecule has 0 atom stereocenters. The van der Waals surface area contributed by atoms with Crippen LogP contribution in [0.4, 0.5) is 13.2 Å². The highest BCUT2D eigenvalue weighted by atomic mass is 35.5. The highest BCUT2D eigenvalue weighted by Crippen LogP contribution is 2.30. The topological polar surface area (TPSA) is 9.23 Å². The lowest BCUT2D eigenvalue weighted by Crippen LogP contribution is -2.06. The molecule has 0 bridgehead atoms. The van der Waals surface area contributed by atoms with E-state index in [9.17, 15) is 13.2 Å². The molecule has 0 radical (unpaired) electrons. The van der Waals surface area contributed by atoms with Crippen molar-refractivity contribution in [3.05, 3.63) is 34.9 Å². The Labute approximate surface area is 90.1 Å². The fourth-order valence-corrected chi connectivity index (χ4v) is 1.05. The molecule has 0 spiro atoms. The lowest BCUT2D eigenvalue weighted by atomic mass is 10.2. The molecule has 15 heavy (non-hydrogen) atoms. The zero-order chi connectivity index (χ0) is 11.5. The summed E-state index contributed by atoms with van der Waals surface area (Å²) >= 11 is 5.07. The molecule has 1 nitrogen and oxygen atoms in total. The molecule has 0 amide bonds. The maximum absolute atomic E-state index is 12.1. The first-order valence-corrected chi connectivity index (χ1v) is 4.39. The summed E-state index contributed by atoms with van der Waals surface area (Å²) in [5.41, 5.74) is 0.373. The summed E-state index contributed by atoms with van der Waals surface area (Å²) in [6, 6.07) is 6.11. The number of ether oxygens (including phenoxy) is 1. The Morgan fingerprint density at radius 1 is 1.27 bits per heavy atom. The van der Waals surface area contributed by atoms with E-state index in [0.29, 0.717) is 11.3 Å². The van der Waals surface area contributed by atoms with E-state index in [1.54, 1.807) is 12.1 Å². The molecule has 0 saturated heterocycles. The summed E-state index contributed by atoms with van der Waals surface area (Å²) in [6.07, 6.45) is -3.64. The Morgan fingerprint density at radius 2 is 1.80 bits per heavy atom. The first-order valence-electron chi connectivity index (χ1n) is 4.02. The first-order chi connectivity index (χ1) is 6.93. The second-order valence-electron chi connectivity index (χ2n) is 2.76. The third-order valence-electron chi connectivity index (χ3n) is 1.68. The molecule has 0 aliphatic rings. The van der Waals surface area contributed by atoms with Crippen molar-refractivity contribution in [2.24, 2.45) is 0 Å². The second kappa shape index (κ2) is 4.57. The Morgan fingerprint density at radius 3 is 2.20 bits per heavy atom. The van der Waals surface area contributed by atoms with Crippen molar-refractivity contribution in [2.45, 2.75) is 6.18 Å². The first kappa shape index (κ1) is 11.9. The molecule has 1 rings (SSSR count). The van der Waals surface area contributed by atoms with Crippen molar-refractivity contribution in [1.82, 2.24) is 0 Å². The van der Waals surface area contributed by atoms with Gasteiger partial charge in [0, 0.05) is 0 Å². The number of methoxy groups -OCH3 is 1. The minimum absolute atomic E-state index is 0.373. The van der Waals surface area contributed by atoms with Crippen molar-refractivity contribution < 1.29 is 17.9 Å². The highest BCUT2D eigenvalue weighted by Gasteiger charge is 2.32. The van der Waals surface area contributed by atoms with Gasteiger partial charge < -0.3 is 4.74 Å². The fraction of sp³-hybridized carbons (Fsp3) is 0.200. The summed E-state index contributed by atoms with van der Waals surface area (Å²) in [5, 5.41) is -1.15. The van der Waals surface area contributed by atoms with E-state index in [-0.39, 0.29) is 0 Å². The summed E-state index contributed by atoms with van der Waals surface area (Å²) < 4.78 is 41.0. The van der Waals surface area contributed by atoms with Gasteiger partial charge in [-0.2, -0.15) is 13.2 Å². The molecule has 0 unspecified atom stereocenters. The average molecular weight is 237 g/mol. The number of rotatable bonds is 2. The van der Waals surface area contributed by atoms with E-state index < -0.39 is 11.2 Å². The van der Waals surface area contributed by atoms with Crippen LogP contribution in [-0.2, 0) is 0 Å². The molecule has 0 N–H and O–H groups in total. The molecule has 5 heteroatoms. The zero-order valence-corrected chi connectivity index (χ0v) is 8.56. The van der Waals surface area contributed by atoms with Gasteiger partial charge in [-0.1, -0.05) is 23.7 Å². The molecular formula is C10H8ClF3O. The molecule has 0 fully saturated rings. The van der Waals surface area contributed by atoms with Crippen LogP contribution in [0.25, 0.3) is 6.08 Å². The third-order valence-corrected chi connectivity index (χ3v) is 2.00. The lowest BCUT2D eigenvalue weighted by Gasteiger charge is -2.04. The Balaban J connectivity index is 2.89. The smallest absolute Gasteiger partial charge is 0.426 e. The fourth-order valence-electron chi connectivity index (χ4n) is 0.928. The van der Waals surface area contributed by atoms with Crippen molar-refractivity contribution in [3.8, 4) is 5.75 Å². The number of allylic oxidation sites excluding steroid dienone is 1. The molecule has 0 saturated carbocycles. The van der Waals surface area contributed by atoms with Crippen LogP contribution in [-0.4, -0.2) is 13.3 Å². The van der Waals surface area contributed by atoms with Gasteiger partial charge in [-0.25, -0.2) is 0 Å². The van der Waals surface area contributed by atoms with Gasteiger partial charge >= 0.3 is 6.18 Å². The summed E-state index contributed by atoms with van der Waals surface area (Å²) in [7, 11) is 1.48. The standard InChI is InChI=1S/C10H8ClF3O/c1-15-8-4-2-7(3-5-8)6-9(11)10(12,13)14/h2-6H,1H3/b9-6-. The lowest BCUT2D eigenvalue weighted by molar-refractivity contribution is -0.0836. The van der Waals surface area contributed by atoms with Gasteiger partial charge in [-0.15, -0.1) is 0 Å². The maximum Gasteiger partial charge on any atom is 0.426 e. The van der Waals surface area contributed by atoms with Crippen molar-refractivity contribution >= 4 is 17.7 Å². The van der Waals surface area contributed by atoms with Crippen LogP contribution in [0.3, 0.4) is 0 Å². The second-order valence-corrected chi connectivity index (χ2v) is 3.17. The third kappa shape index (κ3) is 3.47. The Kier molecular flexibility index (Phi) is 3.63. The average Bonchev–Trinajstić information content (AvgIpc) is 2.17. The van der Waals surface area contributed by atoms with Crippen LogP contribution in [0.5, 0.6) is 5.75 Å². The van der Waals surface area contributed by atoms with Crippen LogP contribution < -0.4 is 4.74 Å². The Hall–Kier alpha value is -1.16. The number of alkyl halides is 3. The van der Waals surface area contributed by atoms with E-state index in [2.05, 4.69) is 0 Å². The summed E-state index contributed by atoms with van der Waals surface area (Å²) in [4.78, 5) is 0. The van der Waals surface area contributed by atoms with Crippen molar-refractivity contribution in [3.63, 3.8) is 0 Å². The minimum atomic E-state index is -4.50. The molecule has 82 valence electrons. The van der Waals surface area contributed by atoms with Crippen molar-refractivity contribution in [2.75, 3.05) is 7.11 Å². The molecule has 0 aromatic heterocycles. The predicted octanol–water partition coefficient (Wildman–Crippen LogP) is 3.84. The molecular weight excluding hydrogens is 229 g/mol. The monoisotopic (exact) mass is 236 g/mol. The van der Waals surface area contributed by atoms with Crippen LogP contribution >= 0.6 is 11.6 Å². The van der Waals surface area contributed by atoms with Crippen LogP contribution in [0, 0.1) is 0 Å². The van der Waals surface area contributed by atoms with E-state index in [4.69, 9.17) is 16.3 Å². The molecule has 0 heterocycles. The van der Waals surface area contributed by atoms with E-state index in [1.807, 2.05) is 0 Å². The number of halogens is 4. The summed E-state index contributed by atoms with van der Waals surface area (Å²) in [6.45, 7) is 0. The van der Waals surface area contributed by atoms with Gasteiger partial charge in [0.25, 0.3) is 0 Å². The van der Waals surface area contributed by atoms with E-state index in [1.165, 1.54) is 19.2 Å². The van der Waals surface area contributed by atoms with Gasteiger partial charge in [-0.05, 0) is 23.8 Å². The molecule has 0 aliphatic heterocycles. The largest absolute Gasteiger partial charge is 0.497 e. The maximum atomic E-state index is 12.1. The van der Waals surface area contributed by atoms with Crippen LogP contribution in [0.1, 0.15) is 5.56 Å².